The van der Waals surface area contributed by atoms with Gasteiger partial charge in [-0.1, -0.05) is 36.2 Å². The van der Waals surface area contributed by atoms with Crippen molar-refractivity contribution in [2.45, 2.75) is 59.3 Å². The first-order valence-corrected chi connectivity index (χ1v) is 9.35. The van der Waals surface area contributed by atoms with Crippen molar-refractivity contribution in [3.63, 3.8) is 0 Å². The number of carbonyl (C=O) groups excluding carboxylic acids is 1. The fourth-order valence-corrected chi connectivity index (χ4v) is 3.92. The third-order valence-corrected chi connectivity index (χ3v) is 5.54. The number of aromatic nitrogens is 1. The molecule has 0 atom stereocenters. The van der Waals surface area contributed by atoms with Crippen molar-refractivity contribution in [3.05, 3.63) is 28.1 Å². The predicted octanol–water partition coefficient (Wildman–Crippen LogP) is 4.23. The van der Waals surface area contributed by atoms with Crippen LogP contribution in [0.4, 0.5) is 0 Å². The SMILES string of the molecule is C/N=C(\SC(NC(=O)Cc1cc(C)no1)=C(C)C)C1CCCCC1. The number of carbonyl (C=O) groups is 1. The lowest BCUT2D eigenvalue weighted by atomic mass is 9.90. The molecule has 0 unspecified atom stereocenters. The van der Waals surface area contributed by atoms with E-state index in [-0.39, 0.29) is 12.3 Å². The topological polar surface area (TPSA) is 67.5 Å². The lowest BCUT2D eigenvalue weighted by Gasteiger charge is -2.24. The maximum atomic E-state index is 12.3. The zero-order valence-electron chi connectivity index (χ0n) is 15.0. The van der Waals surface area contributed by atoms with Crippen LogP contribution in [0.2, 0.25) is 0 Å². The van der Waals surface area contributed by atoms with E-state index in [1.165, 1.54) is 32.1 Å². The third-order valence-electron chi connectivity index (χ3n) is 4.10. The van der Waals surface area contributed by atoms with Crippen LogP contribution in [0.1, 0.15) is 57.4 Å². The summed E-state index contributed by atoms with van der Waals surface area (Å²) in [5.74, 6) is 1.02. The highest BCUT2D eigenvalue weighted by molar-refractivity contribution is 8.17. The molecule has 0 aliphatic heterocycles. The minimum Gasteiger partial charge on any atom is -0.361 e. The van der Waals surface area contributed by atoms with Crippen LogP contribution in [0, 0.1) is 12.8 Å². The summed E-state index contributed by atoms with van der Waals surface area (Å²) in [5, 5.41) is 8.83. The number of hydrogen-bond donors (Lipinski definition) is 1. The maximum absolute atomic E-state index is 12.3. The van der Waals surface area contributed by atoms with Crippen LogP contribution >= 0.6 is 11.8 Å². The summed E-state index contributed by atoms with van der Waals surface area (Å²) in [6.45, 7) is 5.86. The minimum atomic E-state index is -0.0889. The van der Waals surface area contributed by atoms with Gasteiger partial charge < -0.3 is 9.84 Å². The average molecular weight is 350 g/mol. The number of nitrogens with one attached hydrogen (secondary N) is 1. The summed E-state index contributed by atoms with van der Waals surface area (Å²) in [6.07, 6.45) is 6.44. The van der Waals surface area contributed by atoms with E-state index in [2.05, 4.69) is 15.5 Å². The van der Waals surface area contributed by atoms with Gasteiger partial charge in [-0.15, -0.1) is 0 Å². The molecule has 0 saturated heterocycles. The van der Waals surface area contributed by atoms with Crippen LogP contribution in [-0.4, -0.2) is 23.2 Å². The molecule has 0 aromatic carbocycles. The van der Waals surface area contributed by atoms with Crippen molar-refractivity contribution < 1.29 is 9.32 Å². The first-order chi connectivity index (χ1) is 11.5. The summed E-state index contributed by atoms with van der Waals surface area (Å²) in [7, 11) is 1.85. The number of nitrogens with zero attached hydrogens (tertiary/aromatic N) is 2. The molecule has 1 saturated carbocycles. The molecule has 132 valence electrons. The average Bonchev–Trinajstić information content (AvgIpc) is 2.96. The number of aliphatic imine (C=N–C) groups is 1. The van der Waals surface area contributed by atoms with Crippen LogP contribution in [0.25, 0.3) is 0 Å². The molecule has 1 fully saturated rings. The molecule has 6 heteroatoms. The molecular formula is C18H27N3O2S. The van der Waals surface area contributed by atoms with Crippen LogP contribution in [0.15, 0.2) is 26.2 Å². The Balaban J connectivity index is 1.98. The van der Waals surface area contributed by atoms with Gasteiger partial charge in [-0.05, 0) is 39.2 Å². The summed E-state index contributed by atoms with van der Waals surface area (Å²) in [4.78, 5) is 16.8. The second kappa shape index (κ2) is 9.06. The molecule has 1 aromatic heterocycles. The van der Waals surface area contributed by atoms with E-state index in [4.69, 9.17) is 4.52 Å². The third kappa shape index (κ3) is 5.51. The van der Waals surface area contributed by atoms with Gasteiger partial charge in [0.1, 0.15) is 5.76 Å². The highest BCUT2D eigenvalue weighted by Gasteiger charge is 2.21. The number of allylic oxidation sites excluding steroid dienone is 1. The van der Waals surface area contributed by atoms with Gasteiger partial charge in [0.15, 0.2) is 0 Å². The molecule has 1 aromatic rings. The van der Waals surface area contributed by atoms with Gasteiger partial charge in [-0.3, -0.25) is 9.79 Å². The smallest absolute Gasteiger partial charge is 0.232 e. The van der Waals surface area contributed by atoms with Crippen LogP contribution in [0.5, 0.6) is 0 Å². The van der Waals surface area contributed by atoms with E-state index in [1.54, 1.807) is 17.8 Å². The lowest BCUT2D eigenvalue weighted by molar-refractivity contribution is -0.119. The van der Waals surface area contributed by atoms with E-state index < -0.39 is 0 Å². The Bertz CT molecular complexity index is 624. The zero-order valence-corrected chi connectivity index (χ0v) is 15.8. The zero-order chi connectivity index (χ0) is 17.5. The molecule has 1 aliphatic rings. The monoisotopic (exact) mass is 349 g/mol. The van der Waals surface area contributed by atoms with Crippen molar-refractivity contribution in [3.8, 4) is 0 Å². The molecule has 0 radical (unpaired) electrons. The summed E-state index contributed by atoms with van der Waals surface area (Å²) >= 11 is 1.60. The standard InChI is InChI=1S/C18H27N3O2S/c1-12(2)17(20-16(22)11-15-10-13(3)21-23-15)24-18(19-4)14-8-6-5-7-9-14/h10,14H,5-9,11H2,1-4H3,(H,20,22)/b19-18-. The summed E-state index contributed by atoms with van der Waals surface area (Å²) < 4.78 is 5.12. The van der Waals surface area contributed by atoms with Crippen molar-refractivity contribution >= 4 is 22.7 Å². The van der Waals surface area contributed by atoms with Gasteiger partial charge in [0.25, 0.3) is 0 Å². The van der Waals surface area contributed by atoms with Crippen molar-refractivity contribution in [2.75, 3.05) is 7.05 Å². The molecule has 5 nitrogen and oxygen atoms in total. The van der Waals surface area contributed by atoms with Gasteiger partial charge in [0, 0.05) is 19.0 Å². The van der Waals surface area contributed by atoms with E-state index in [0.29, 0.717) is 11.7 Å². The first-order valence-electron chi connectivity index (χ1n) is 8.53. The molecule has 1 heterocycles. The summed E-state index contributed by atoms with van der Waals surface area (Å²) in [5.41, 5.74) is 1.87. The fourth-order valence-electron chi connectivity index (χ4n) is 2.85. The number of aryl methyl sites for hydroxylation is 1. The van der Waals surface area contributed by atoms with Crippen LogP contribution < -0.4 is 5.32 Å². The highest BCUT2D eigenvalue weighted by Crippen LogP contribution is 2.32. The van der Waals surface area contributed by atoms with Gasteiger partial charge in [0.05, 0.1) is 22.2 Å². The van der Waals surface area contributed by atoms with E-state index in [9.17, 15) is 4.79 Å². The minimum absolute atomic E-state index is 0.0889. The Hall–Kier alpha value is -1.56. The molecule has 2 rings (SSSR count). The molecule has 1 aliphatic carbocycles. The Labute approximate surface area is 148 Å². The highest BCUT2D eigenvalue weighted by atomic mass is 32.2. The molecule has 1 N–H and O–H groups in total. The Kier molecular flexibility index (Phi) is 7.09. The maximum Gasteiger partial charge on any atom is 0.232 e. The van der Waals surface area contributed by atoms with Gasteiger partial charge in [-0.2, -0.15) is 0 Å². The second-order valence-electron chi connectivity index (χ2n) is 6.49. The lowest BCUT2D eigenvalue weighted by Crippen LogP contribution is -2.26. The van der Waals surface area contributed by atoms with E-state index >= 15 is 0 Å². The van der Waals surface area contributed by atoms with Gasteiger partial charge >= 0.3 is 0 Å². The number of rotatable bonds is 5. The normalized spacial score (nSPS) is 16.1. The molecular weight excluding hydrogens is 322 g/mol. The van der Waals surface area contributed by atoms with E-state index in [1.807, 2.05) is 27.8 Å². The quantitative estimate of drug-likeness (QED) is 0.638. The number of hydrogen-bond acceptors (Lipinski definition) is 5. The largest absolute Gasteiger partial charge is 0.361 e. The van der Waals surface area contributed by atoms with Crippen LogP contribution in [0.3, 0.4) is 0 Å². The van der Waals surface area contributed by atoms with Crippen LogP contribution in [-0.2, 0) is 11.2 Å². The van der Waals surface area contributed by atoms with Crippen molar-refractivity contribution in [1.29, 1.82) is 0 Å². The van der Waals surface area contributed by atoms with Crippen molar-refractivity contribution in [1.82, 2.24) is 10.5 Å². The Morgan fingerprint density at radius 2 is 2.08 bits per heavy atom. The van der Waals surface area contributed by atoms with Crippen molar-refractivity contribution in [2.24, 2.45) is 10.9 Å². The molecule has 24 heavy (non-hydrogen) atoms. The number of amides is 1. The predicted molar refractivity (Wildman–Crippen MR) is 99.0 cm³/mol. The Morgan fingerprint density at radius 3 is 2.62 bits per heavy atom. The summed E-state index contributed by atoms with van der Waals surface area (Å²) in [6, 6.07) is 1.79. The van der Waals surface area contributed by atoms with E-state index in [0.717, 1.165) is 21.3 Å². The second-order valence-corrected chi connectivity index (χ2v) is 7.52. The number of thioether (sulfide) groups is 1. The Morgan fingerprint density at radius 1 is 1.38 bits per heavy atom. The molecule has 1 amide bonds. The van der Waals surface area contributed by atoms with Gasteiger partial charge in [0.2, 0.25) is 5.91 Å². The fraction of sp³-hybridized carbons (Fsp3) is 0.611. The molecule has 0 bridgehead atoms. The van der Waals surface area contributed by atoms with Gasteiger partial charge in [-0.25, -0.2) is 0 Å². The first kappa shape index (κ1) is 18.8. The molecule has 0 spiro atoms.